The molecule has 1 aliphatic heterocycles. The minimum atomic E-state index is -1.76. The highest BCUT2D eigenvalue weighted by molar-refractivity contribution is 6.74. The summed E-state index contributed by atoms with van der Waals surface area (Å²) in [7, 11) is -1.76. The Morgan fingerprint density at radius 1 is 1.47 bits per heavy atom. The molecule has 0 amide bonds. The van der Waals surface area contributed by atoms with Gasteiger partial charge in [-0.3, -0.25) is 4.79 Å². The minimum Gasteiger partial charge on any atom is -0.487 e. The van der Waals surface area contributed by atoms with Crippen molar-refractivity contribution in [2.45, 2.75) is 45.0 Å². The van der Waals surface area contributed by atoms with Gasteiger partial charge in [0.05, 0.1) is 12.9 Å². The molecule has 0 bridgehead atoms. The smallest absolute Gasteiger partial charge is 0.201 e. The van der Waals surface area contributed by atoms with Gasteiger partial charge in [-0.1, -0.05) is 20.8 Å². The van der Waals surface area contributed by atoms with Crippen LogP contribution in [0.25, 0.3) is 0 Å². The first-order chi connectivity index (χ1) is 6.74. The fraction of sp³-hybridized carbons (Fsp3) is 0.727. The molecule has 1 aliphatic rings. The zero-order chi connectivity index (χ0) is 11.7. The Morgan fingerprint density at radius 3 is 2.47 bits per heavy atom. The Morgan fingerprint density at radius 2 is 2.07 bits per heavy atom. The van der Waals surface area contributed by atoms with Crippen LogP contribution in [0.2, 0.25) is 18.1 Å². The van der Waals surface area contributed by atoms with Crippen molar-refractivity contribution in [2.75, 3.05) is 6.61 Å². The quantitative estimate of drug-likeness (QED) is 0.696. The van der Waals surface area contributed by atoms with Crippen LogP contribution < -0.4 is 0 Å². The van der Waals surface area contributed by atoms with Crippen molar-refractivity contribution in [1.82, 2.24) is 0 Å². The number of rotatable bonds is 3. The fourth-order valence-electron chi connectivity index (χ4n) is 0.998. The van der Waals surface area contributed by atoms with Crippen molar-refractivity contribution in [3.05, 3.63) is 12.3 Å². The van der Waals surface area contributed by atoms with E-state index in [0.717, 1.165) is 0 Å². The molecule has 0 aromatic rings. The molecule has 1 atom stereocenters. The maximum Gasteiger partial charge on any atom is 0.201 e. The lowest BCUT2D eigenvalue weighted by molar-refractivity contribution is -0.121. The van der Waals surface area contributed by atoms with Crippen molar-refractivity contribution >= 4 is 14.1 Å². The van der Waals surface area contributed by atoms with Gasteiger partial charge in [-0.25, -0.2) is 0 Å². The van der Waals surface area contributed by atoms with Crippen molar-refractivity contribution in [3.63, 3.8) is 0 Å². The van der Waals surface area contributed by atoms with E-state index in [0.29, 0.717) is 6.61 Å². The van der Waals surface area contributed by atoms with Gasteiger partial charge in [0.1, 0.15) is 0 Å². The number of carbonyl (C=O) groups excluding carboxylic acids is 1. The summed E-state index contributed by atoms with van der Waals surface area (Å²) in [6, 6.07) is 0. The third-order valence-electron chi connectivity index (χ3n) is 3.19. The monoisotopic (exact) mass is 228 g/mol. The Hall–Kier alpha value is -0.613. The Balaban J connectivity index is 2.47. The second-order valence-electron chi connectivity index (χ2n) is 5.40. The van der Waals surface area contributed by atoms with Gasteiger partial charge in [-0.15, -0.1) is 0 Å². The number of ketones is 1. The molecule has 0 aromatic heterocycles. The van der Waals surface area contributed by atoms with Gasteiger partial charge in [0, 0.05) is 6.08 Å². The van der Waals surface area contributed by atoms with Crippen LogP contribution in [0.15, 0.2) is 12.3 Å². The zero-order valence-electron chi connectivity index (χ0n) is 10.2. The van der Waals surface area contributed by atoms with Crippen LogP contribution in [0.1, 0.15) is 20.8 Å². The number of hydrogen-bond donors (Lipinski definition) is 0. The van der Waals surface area contributed by atoms with Gasteiger partial charge < -0.3 is 9.16 Å². The van der Waals surface area contributed by atoms with E-state index in [1.807, 2.05) is 0 Å². The lowest BCUT2D eigenvalue weighted by Gasteiger charge is -2.36. The summed E-state index contributed by atoms with van der Waals surface area (Å²) >= 11 is 0. The Bertz CT molecular complexity index is 276. The highest BCUT2D eigenvalue weighted by Crippen LogP contribution is 2.36. The standard InChI is InChI=1S/C11H20O3Si/c1-11(2,3)15(4,5)14-8-10-9(12)6-7-13-10/h6-7,10H,8H2,1-5H3/t10-/m0/s1. The predicted octanol–water partition coefficient (Wildman–Crippen LogP) is 2.49. The molecule has 0 N–H and O–H groups in total. The van der Waals surface area contributed by atoms with Crippen molar-refractivity contribution in [2.24, 2.45) is 0 Å². The molecule has 0 aliphatic carbocycles. The summed E-state index contributed by atoms with van der Waals surface area (Å²) in [6.07, 6.45) is 2.49. The second-order valence-corrected chi connectivity index (χ2v) is 10.2. The van der Waals surface area contributed by atoms with E-state index in [-0.39, 0.29) is 10.8 Å². The van der Waals surface area contributed by atoms with Crippen molar-refractivity contribution in [3.8, 4) is 0 Å². The van der Waals surface area contributed by atoms with Gasteiger partial charge in [-0.05, 0) is 18.1 Å². The second kappa shape index (κ2) is 4.10. The molecular formula is C11H20O3Si. The zero-order valence-corrected chi connectivity index (χ0v) is 11.2. The molecule has 0 spiro atoms. The van der Waals surface area contributed by atoms with Gasteiger partial charge in [0.2, 0.25) is 5.78 Å². The average molecular weight is 228 g/mol. The van der Waals surface area contributed by atoms with Crippen LogP contribution >= 0.6 is 0 Å². The molecule has 0 aromatic carbocycles. The molecule has 0 fully saturated rings. The predicted molar refractivity (Wildman–Crippen MR) is 62.2 cm³/mol. The van der Waals surface area contributed by atoms with E-state index in [1.165, 1.54) is 12.3 Å². The summed E-state index contributed by atoms with van der Waals surface area (Å²) in [6.45, 7) is 11.2. The maximum atomic E-state index is 11.3. The van der Waals surface area contributed by atoms with Crippen LogP contribution in [0.4, 0.5) is 0 Å². The molecular weight excluding hydrogens is 208 g/mol. The van der Waals surface area contributed by atoms with E-state index >= 15 is 0 Å². The summed E-state index contributed by atoms with van der Waals surface area (Å²) in [5.41, 5.74) is 0. The molecule has 86 valence electrons. The lowest BCUT2D eigenvalue weighted by atomic mass is 10.2. The fourth-order valence-corrected chi connectivity index (χ4v) is 2.00. The normalized spacial score (nSPS) is 21.9. The van der Waals surface area contributed by atoms with Crippen LogP contribution in [-0.2, 0) is 14.0 Å². The Kier molecular flexibility index (Phi) is 3.40. The molecule has 4 heteroatoms. The van der Waals surface area contributed by atoms with Crippen molar-refractivity contribution in [1.29, 1.82) is 0 Å². The number of hydrogen-bond acceptors (Lipinski definition) is 3. The molecule has 1 heterocycles. The summed E-state index contributed by atoms with van der Waals surface area (Å²) in [5.74, 6) is 0.00806. The topological polar surface area (TPSA) is 35.5 Å². The van der Waals surface area contributed by atoms with E-state index < -0.39 is 14.4 Å². The lowest BCUT2D eigenvalue weighted by Crippen LogP contribution is -2.43. The van der Waals surface area contributed by atoms with Crippen LogP contribution in [-0.4, -0.2) is 26.8 Å². The molecule has 0 radical (unpaired) electrons. The third kappa shape index (κ3) is 2.92. The number of ether oxygens (including phenoxy) is 1. The first-order valence-electron chi connectivity index (χ1n) is 5.24. The van der Waals surface area contributed by atoms with E-state index in [4.69, 9.17) is 9.16 Å². The molecule has 1 rings (SSSR count). The average Bonchev–Trinajstić information content (AvgIpc) is 2.46. The molecule has 0 saturated carbocycles. The number of carbonyl (C=O) groups is 1. The van der Waals surface area contributed by atoms with Crippen LogP contribution in [0.3, 0.4) is 0 Å². The van der Waals surface area contributed by atoms with Gasteiger partial charge >= 0.3 is 0 Å². The third-order valence-corrected chi connectivity index (χ3v) is 7.69. The van der Waals surface area contributed by atoms with Crippen LogP contribution in [0, 0.1) is 0 Å². The highest BCUT2D eigenvalue weighted by atomic mass is 28.4. The van der Waals surface area contributed by atoms with Gasteiger partial charge in [0.15, 0.2) is 14.4 Å². The molecule has 0 saturated heterocycles. The first kappa shape index (κ1) is 12.5. The summed E-state index contributed by atoms with van der Waals surface area (Å²) < 4.78 is 11.0. The van der Waals surface area contributed by atoms with Gasteiger partial charge in [-0.2, -0.15) is 0 Å². The molecule has 0 unspecified atom stereocenters. The minimum absolute atomic E-state index is 0.00806. The maximum absolute atomic E-state index is 11.3. The van der Waals surface area contributed by atoms with Crippen molar-refractivity contribution < 1.29 is 14.0 Å². The first-order valence-corrected chi connectivity index (χ1v) is 8.15. The van der Waals surface area contributed by atoms with Gasteiger partial charge in [0.25, 0.3) is 0 Å². The van der Waals surface area contributed by atoms with Crippen LogP contribution in [0.5, 0.6) is 0 Å². The van der Waals surface area contributed by atoms with E-state index in [1.54, 1.807) is 0 Å². The molecule has 15 heavy (non-hydrogen) atoms. The summed E-state index contributed by atoms with van der Waals surface area (Å²) in [5, 5.41) is 0.169. The highest BCUT2D eigenvalue weighted by Gasteiger charge is 2.38. The van der Waals surface area contributed by atoms with E-state index in [2.05, 4.69) is 33.9 Å². The molecule has 3 nitrogen and oxygen atoms in total. The largest absolute Gasteiger partial charge is 0.487 e. The Labute approximate surface area is 92.6 Å². The summed E-state index contributed by atoms with van der Waals surface area (Å²) in [4.78, 5) is 11.3. The van der Waals surface area contributed by atoms with E-state index in [9.17, 15) is 4.79 Å². The SMILES string of the molecule is CC(C)(C)[Si](C)(C)OC[C@@H]1OC=CC1=O.